The van der Waals surface area contributed by atoms with Crippen molar-refractivity contribution in [2.45, 2.75) is 13.0 Å². The Morgan fingerprint density at radius 3 is 3.05 bits per heavy atom. The van der Waals surface area contributed by atoms with Gasteiger partial charge in [-0.2, -0.15) is 0 Å². The van der Waals surface area contributed by atoms with Gasteiger partial charge in [0.15, 0.2) is 0 Å². The topological polar surface area (TPSA) is 14.2 Å². The molecule has 0 N–H and O–H groups in total. The summed E-state index contributed by atoms with van der Waals surface area (Å²) in [5.41, 5.74) is 3.07. The molecule has 0 aliphatic carbocycles. The molecular weight excluding hydrogens is 289 g/mol. The molecule has 4 heteroatoms. The number of ether oxygens (including phenoxy) is 1. The number of halogens is 2. The predicted octanol–water partition coefficient (Wildman–Crippen LogP) is 4.42. The minimum atomic E-state index is -0.196. The van der Waals surface area contributed by atoms with E-state index < -0.39 is 0 Å². The van der Waals surface area contributed by atoms with Crippen molar-refractivity contribution in [2.24, 2.45) is 0 Å². The van der Waals surface area contributed by atoms with Gasteiger partial charge in [-0.1, -0.05) is 17.7 Å². The average molecular weight is 302 g/mol. The number of hydrogen-bond donors (Lipinski definition) is 0. The van der Waals surface area contributed by atoms with Gasteiger partial charge in [0.25, 0.3) is 0 Å². The van der Waals surface area contributed by atoms with Gasteiger partial charge in [0, 0.05) is 28.6 Å². The maximum Gasteiger partial charge on any atom is 0.132 e. The summed E-state index contributed by atoms with van der Waals surface area (Å²) in [4.78, 5) is 0. The molecule has 4 rings (SSSR count). The van der Waals surface area contributed by atoms with Crippen LogP contribution >= 0.6 is 11.6 Å². The molecule has 3 aromatic rings. The Hall–Kier alpha value is -2.00. The van der Waals surface area contributed by atoms with Crippen molar-refractivity contribution in [3.8, 4) is 5.75 Å². The monoisotopic (exact) mass is 301 g/mol. The van der Waals surface area contributed by atoms with Gasteiger partial charge < -0.3 is 9.30 Å². The second-order valence-corrected chi connectivity index (χ2v) is 5.70. The standard InChI is InChI=1S/C17H13ClFNO/c18-13-8-11-5-7-21-17(11)12(9-13)10-20-6-4-14-15(19)2-1-3-16(14)20/h1-4,6,8-9H,5,7,10H2. The minimum Gasteiger partial charge on any atom is -0.493 e. The summed E-state index contributed by atoms with van der Waals surface area (Å²) in [5, 5.41) is 1.36. The van der Waals surface area contributed by atoms with Crippen molar-refractivity contribution in [1.82, 2.24) is 4.57 Å². The first-order valence-corrected chi connectivity index (χ1v) is 7.27. The molecule has 2 heterocycles. The number of nitrogens with zero attached hydrogens (tertiary/aromatic N) is 1. The van der Waals surface area contributed by atoms with Crippen LogP contribution in [-0.2, 0) is 13.0 Å². The van der Waals surface area contributed by atoms with Crippen LogP contribution in [0.15, 0.2) is 42.6 Å². The minimum absolute atomic E-state index is 0.196. The zero-order valence-electron chi connectivity index (χ0n) is 11.3. The van der Waals surface area contributed by atoms with Crippen LogP contribution in [0.5, 0.6) is 5.75 Å². The van der Waals surface area contributed by atoms with Crippen LogP contribution in [0.25, 0.3) is 10.9 Å². The van der Waals surface area contributed by atoms with Crippen molar-refractivity contribution >= 4 is 22.5 Å². The van der Waals surface area contributed by atoms with Gasteiger partial charge in [0.1, 0.15) is 11.6 Å². The van der Waals surface area contributed by atoms with Crippen molar-refractivity contribution in [2.75, 3.05) is 6.61 Å². The summed E-state index contributed by atoms with van der Waals surface area (Å²) in [7, 11) is 0. The van der Waals surface area contributed by atoms with Crippen LogP contribution in [0.2, 0.25) is 5.02 Å². The highest BCUT2D eigenvalue weighted by Gasteiger charge is 2.18. The van der Waals surface area contributed by atoms with E-state index in [1.54, 1.807) is 12.1 Å². The first-order valence-electron chi connectivity index (χ1n) is 6.90. The van der Waals surface area contributed by atoms with Gasteiger partial charge in [-0.3, -0.25) is 0 Å². The molecule has 0 bridgehead atoms. The van der Waals surface area contributed by atoms with E-state index in [0.29, 0.717) is 18.5 Å². The highest BCUT2D eigenvalue weighted by atomic mass is 35.5. The van der Waals surface area contributed by atoms with Crippen molar-refractivity contribution in [3.05, 3.63) is 64.6 Å². The number of aromatic nitrogens is 1. The Labute approximate surface area is 126 Å². The first kappa shape index (κ1) is 12.7. The molecule has 2 aromatic carbocycles. The summed E-state index contributed by atoms with van der Waals surface area (Å²) < 4.78 is 21.5. The van der Waals surface area contributed by atoms with Gasteiger partial charge in [0.05, 0.1) is 18.7 Å². The van der Waals surface area contributed by atoms with Crippen LogP contribution in [0.4, 0.5) is 4.39 Å². The van der Waals surface area contributed by atoms with Gasteiger partial charge >= 0.3 is 0 Å². The molecule has 0 atom stereocenters. The zero-order chi connectivity index (χ0) is 14.4. The Kier molecular flexibility index (Phi) is 2.89. The molecule has 0 radical (unpaired) electrons. The fourth-order valence-corrected chi connectivity index (χ4v) is 3.23. The average Bonchev–Trinajstić information content (AvgIpc) is 3.07. The third-order valence-electron chi connectivity index (χ3n) is 3.93. The van der Waals surface area contributed by atoms with Gasteiger partial charge in [-0.25, -0.2) is 4.39 Å². The second kappa shape index (κ2) is 4.78. The fraction of sp³-hybridized carbons (Fsp3) is 0.176. The lowest BCUT2D eigenvalue weighted by Crippen LogP contribution is -2.00. The molecule has 1 aliphatic heterocycles. The van der Waals surface area contributed by atoms with Gasteiger partial charge in [-0.05, 0) is 35.9 Å². The lowest BCUT2D eigenvalue weighted by molar-refractivity contribution is 0.353. The van der Waals surface area contributed by atoms with E-state index in [9.17, 15) is 4.39 Å². The third kappa shape index (κ3) is 2.09. The van der Waals surface area contributed by atoms with E-state index in [1.807, 2.05) is 29.0 Å². The maximum atomic E-state index is 13.8. The molecule has 0 spiro atoms. The van der Waals surface area contributed by atoms with Crippen LogP contribution in [0.1, 0.15) is 11.1 Å². The zero-order valence-corrected chi connectivity index (χ0v) is 12.0. The normalized spacial score (nSPS) is 13.4. The summed E-state index contributed by atoms with van der Waals surface area (Å²) in [5.74, 6) is 0.733. The molecule has 106 valence electrons. The fourth-order valence-electron chi connectivity index (χ4n) is 2.97. The lowest BCUT2D eigenvalue weighted by Gasteiger charge is -2.11. The lowest BCUT2D eigenvalue weighted by atomic mass is 10.1. The van der Waals surface area contributed by atoms with Crippen molar-refractivity contribution < 1.29 is 9.13 Å². The smallest absolute Gasteiger partial charge is 0.132 e. The van der Waals surface area contributed by atoms with E-state index >= 15 is 0 Å². The van der Waals surface area contributed by atoms with E-state index in [-0.39, 0.29) is 5.82 Å². The SMILES string of the molecule is Fc1cccc2c1ccn2Cc1cc(Cl)cc2c1OCC2. The maximum absolute atomic E-state index is 13.8. The van der Waals surface area contributed by atoms with E-state index in [2.05, 4.69) is 0 Å². The molecule has 0 amide bonds. The summed E-state index contributed by atoms with van der Waals surface area (Å²) in [6.07, 6.45) is 2.79. The molecule has 0 saturated heterocycles. The van der Waals surface area contributed by atoms with Gasteiger partial charge in [-0.15, -0.1) is 0 Å². The molecule has 1 aliphatic rings. The molecular formula is C17H13ClFNO. The Morgan fingerprint density at radius 2 is 2.14 bits per heavy atom. The Bertz CT molecular complexity index is 840. The highest BCUT2D eigenvalue weighted by molar-refractivity contribution is 6.30. The predicted molar refractivity (Wildman–Crippen MR) is 81.6 cm³/mol. The van der Waals surface area contributed by atoms with Crippen molar-refractivity contribution in [3.63, 3.8) is 0 Å². The largest absolute Gasteiger partial charge is 0.493 e. The summed E-state index contributed by atoms with van der Waals surface area (Å²) >= 11 is 6.19. The summed E-state index contributed by atoms with van der Waals surface area (Å²) in [6, 6.07) is 10.8. The van der Waals surface area contributed by atoms with Crippen LogP contribution < -0.4 is 4.74 Å². The van der Waals surface area contributed by atoms with Crippen molar-refractivity contribution in [1.29, 1.82) is 0 Å². The number of fused-ring (bicyclic) bond motifs is 2. The Balaban J connectivity index is 1.81. The van der Waals surface area contributed by atoms with E-state index in [1.165, 1.54) is 6.07 Å². The molecule has 0 saturated carbocycles. The molecule has 0 fully saturated rings. The van der Waals surface area contributed by atoms with E-state index in [0.717, 1.165) is 33.8 Å². The number of hydrogen-bond acceptors (Lipinski definition) is 1. The third-order valence-corrected chi connectivity index (χ3v) is 4.14. The summed E-state index contributed by atoms with van der Waals surface area (Å²) in [6.45, 7) is 1.32. The molecule has 2 nitrogen and oxygen atoms in total. The molecule has 1 aromatic heterocycles. The molecule has 0 unspecified atom stereocenters. The second-order valence-electron chi connectivity index (χ2n) is 5.27. The first-order chi connectivity index (χ1) is 10.2. The van der Waals surface area contributed by atoms with Crippen LogP contribution in [-0.4, -0.2) is 11.2 Å². The Morgan fingerprint density at radius 1 is 1.24 bits per heavy atom. The quantitative estimate of drug-likeness (QED) is 0.683. The number of benzene rings is 2. The molecule has 21 heavy (non-hydrogen) atoms. The van der Waals surface area contributed by atoms with E-state index in [4.69, 9.17) is 16.3 Å². The van der Waals surface area contributed by atoms with Crippen LogP contribution in [0, 0.1) is 5.82 Å². The van der Waals surface area contributed by atoms with Crippen LogP contribution in [0.3, 0.4) is 0 Å². The highest BCUT2D eigenvalue weighted by Crippen LogP contribution is 2.34. The number of rotatable bonds is 2. The van der Waals surface area contributed by atoms with Gasteiger partial charge in [0.2, 0.25) is 0 Å².